The van der Waals surface area contributed by atoms with E-state index in [0.717, 1.165) is 24.2 Å². The number of hydrogen-bond acceptors (Lipinski definition) is 4. The normalized spacial score (nSPS) is 15.6. The first-order chi connectivity index (χ1) is 13.2. The molecule has 5 nitrogen and oxygen atoms in total. The summed E-state index contributed by atoms with van der Waals surface area (Å²) in [5.41, 5.74) is 1.91. The van der Waals surface area contributed by atoms with Crippen LogP contribution in [0, 0.1) is 11.8 Å². The molecule has 1 atom stereocenters. The van der Waals surface area contributed by atoms with Gasteiger partial charge in [0, 0.05) is 49.2 Å². The zero-order valence-electron chi connectivity index (χ0n) is 15.3. The monoisotopic (exact) mass is 383 g/mol. The predicted octanol–water partition coefficient (Wildman–Crippen LogP) is 3.60. The van der Waals surface area contributed by atoms with Gasteiger partial charge in [0.2, 0.25) is 0 Å². The Morgan fingerprint density at radius 2 is 2.07 bits per heavy atom. The van der Waals surface area contributed by atoms with Crippen LogP contribution in [-0.4, -0.2) is 53.7 Å². The molecule has 3 rings (SSSR count). The van der Waals surface area contributed by atoms with Crippen molar-refractivity contribution in [2.45, 2.75) is 13.0 Å². The van der Waals surface area contributed by atoms with E-state index in [-0.39, 0.29) is 12.1 Å². The van der Waals surface area contributed by atoms with Crippen molar-refractivity contribution in [3.05, 3.63) is 64.9 Å². The highest BCUT2D eigenvalue weighted by molar-refractivity contribution is 6.30. The van der Waals surface area contributed by atoms with Crippen molar-refractivity contribution in [3.63, 3.8) is 0 Å². The summed E-state index contributed by atoms with van der Waals surface area (Å²) in [6, 6.07) is 11.4. The van der Waals surface area contributed by atoms with E-state index in [9.17, 15) is 4.79 Å². The van der Waals surface area contributed by atoms with Gasteiger partial charge in [0.1, 0.15) is 0 Å². The van der Waals surface area contributed by atoms with Crippen molar-refractivity contribution < 1.29 is 9.53 Å². The standard InChI is InChI=1S/C21H22ClN3O2/c1-2-27-21(26)25-13-11-24(12-14-25)20(18-6-4-10-23-16-18)9-8-17-5-3-7-19(22)15-17/h3-7,10,15-16,20H,2,11-14H2,1H3. The topological polar surface area (TPSA) is 45.7 Å². The van der Waals surface area contributed by atoms with Crippen molar-refractivity contribution in [1.82, 2.24) is 14.8 Å². The minimum absolute atomic E-state index is 0.0953. The summed E-state index contributed by atoms with van der Waals surface area (Å²) < 4.78 is 5.10. The number of ether oxygens (including phenoxy) is 1. The van der Waals surface area contributed by atoms with E-state index in [1.807, 2.05) is 49.5 Å². The first-order valence-corrected chi connectivity index (χ1v) is 9.38. The Morgan fingerprint density at radius 1 is 1.26 bits per heavy atom. The van der Waals surface area contributed by atoms with Gasteiger partial charge >= 0.3 is 6.09 Å². The number of aromatic nitrogens is 1. The Morgan fingerprint density at radius 3 is 2.74 bits per heavy atom. The highest BCUT2D eigenvalue weighted by atomic mass is 35.5. The van der Waals surface area contributed by atoms with Crippen LogP contribution in [0.3, 0.4) is 0 Å². The second-order valence-electron chi connectivity index (χ2n) is 6.19. The van der Waals surface area contributed by atoms with Crippen LogP contribution in [0.25, 0.3) is 0 Å². The third kappa shape index (κ3) is 5.22. The van der Waals surface area contributed by atoms with Gasteiger partial charge in [0.05, 0.1) is 12.6 Å². The van der Waals surface area contributed by atoms with E-state index >= 15 is 0 Å². The van der Waals surface area contributed by atoms with Crippen molar-refractivity contribution in [3.8, 4) is 11.8 Å². The molecule has 1 aromatic carbocycles. The van der Waals surface area contributed by atoms with Crippen LogP contribution in [-0.2, 0) is 4.74 Å². The van der Waals surface area contributed by atoms with E-state index in [1.165, 1.54) is 0 Å². The largest absolute Gasteiger partial charge is 0.450 e. The Kier molecular flexibility index (Phi) is 6.69. The van der Waals surface area contributed by atoms with Crippen LogP contribution in [0.15, 0.2) is 48.8 Å². The number of hydrogen-bond donors (Lipinski definition) is 0. The smallest absolute Gasteiger partial charge is 0.409 e. The Labute approximate surface area is 164 Å². The molecule has 1 aliphatic rings. The molecular weight excluding hydrogens is 362 g/mol. The van der Waals surface area contributed by atoms with Crippen LogP contribution in [0.5, 0.6) is 0 Å². The molecule has 27 heavy (non-hydrogen) atoms. The predicted molar refractivity (Wildman–Crippen MR) is 105 cm³/mol. The van der Waals surface area contributed by atoms with E-state index in [1.54, 1.807) is 11.1 Å². The molecule has 2 aromatic rings. The molecule has 0 spiro atoms. The number of carbonyl (C=O) groups excluding carboxylic acids is 1. The van der Waals surface area contributed by atoms with Crippen LogP contribution in [0.1, 0.15) is 24.1 Å². The van der Waals surface area contributed by atoms with Crippen molar-refractivity contribution in [1.29, 1.82) is 0 Å². The van der Waals surface area contributed by atoms with Crippen LogP contribution in [0.4, 0.5) is 4.79 Å². The summed E-state index contributed by atoms with van der Waals surface area (Å²) in [6.07, 6.45) is 3.35. The summed E-state index contributed by atoms with van der Waals surface area (Å²) in [6.45, 7) is 4.90. The van der Waals surface area contributed by atoms with Gasteiger partial charge in [-0.15, -0.1) is 0 Å². The minimum Gasteiger partial charge on any atom is -0.450 e. The lowest BCUT2D eigenvalue weighted by molar-refractivity contribution is 0.0735. The fourth-order valence-corrected chi connectivity index (χ4v) is 3.21. The van der Waals surface area contributed by atoms with Gasteiger partial charge in [-0.1, -0.05) is 35.6 Å². The molecule has 1 amide bonds. The first kappa shape index (κ1) is 19.2. The number of pyridine rings is 1. The highest BCUT2D eigenvalue weighted by Crippen LogP contribution is 2.21. The molecular formula is C21H22ClN3O2. The molecule has 140 valence electrons. The third-order valence-corrected chi connectivity index (χ3v) is 4.62. The van der Waals surface area contributed by atoms with Crippen molar-refractivity contribution in [2.75, 3.05) is 32.8 Å². The highest BCUT2D eigenvalue weighted by Gasteiger charge is 2.26. The van der Waals surface area contributed by atoms with E-state index in [4.69, 9.17) is 16.3 Å². The SMILES string of the molecule is CCOC(=O)N1CCN(C(C#Cc2cccc(Cl)c2)c2cccnc2)CC1. The molecule has 1 fully saturated rings. The summed E-state index contributed by atoms with van der Waals surface area (Å²) in [7, 11) is 0. The second-order valence-corrected chi connectivity index (χ2v) is 6.63. The summed E-state index contributed by atoms with van der Waals surface area (Å²) in [5, 5.41) is 0.669. The van der Waals surface area contributed by atoms with Crippen molar-refractivity contribution >= 4 is 17.7 Å². The van der Waals surface area contributed by atoms with Crippen LogP contribution >= 0.6 is 11.6 Å². The molecule has 1 aromatic heterocycles. The number of halogens is 1. The molecule has 1 unspecified atom stereocenters. The molecule has 1 saturated heterocycles. The molecule has 0 radical (unpaired) electrons. The zero-order valence-corrected chi connectivity index (χ0v) is 16.0. The van der Waals surface area contributed by atoms with E-state index in [0.29, 0.717) is 24.7 Å². The van der Waals surface area contributed by atoms with Gasteiger partial charge in [-0.3, -0.25) is 9.88 Å². The summed E-state index contributed by atoms with van der Waals surface area (Å²) in [5.74, 6) is 6.59. The average molecular weight is 384 g/mol. The number of rotatable bonds is 3. The Hall–Kier alpha value is -2.55. The number of nitrogens with zero attached hydrogens (tertiary/aromatic N) is 3. The Bertz CT molecular complexity index is 824. The van der Waals surface area contributed by atoms with E-state index in [2.05, 4.69) is 21.7 Å². The number of carbonyl (C=O) groups is 1. The molecule has 0 N–H and O–H groups in total. The summed E-state index contributed by atoms with van der Waals surface area (Å²) >= 11 is 6.06. The minimum atomic E-state index is -0.250. The number of amides is 1. The fraction of sp³-hybridized carbons (Fsp3) is 0.333. The maximum atomic E-state index is 11.9. The lowest BCUT2D eigenvalue weighted by atomic mass is 10.1. The quantitative estimate of drug-likeness (QED) is 0.760. The third-order valence-electron chi connectivity index (χ3n) is 4.38. The van der Waals surface area contributed by atoms with Gasteiger partial charge < -0.3 is 9.64 Å². The summed E-state index contributed by atoms with van der Waals surface area (Å²) in [4.78, 5) is 20.2. The molecule has 6 heteroatoms. The van der Waals surface area contributed by atoms with Gasteiger partial charge in [-0.25, -0.2) is 4.79 Å². The fourth-order valence-electron chi connectivity index (χ4n) is 3.02. The van der Waals surface area contributed by atoms with Gasteiger partial charge in [-0.05, 0) is 36.8 Å². The lowest BCUT2D eigenvalue weighted by Gasteiger charge is -2.37. The molecule has 0 bridgehead atoms. The molecule has 1 aliphatic heterocycles. The maximum absolute atomic E-state index is 11.9. The van der Waals surface area contributed by atoms with Crippen LogP contribution < -0.4 is 0 Å². The maximum Gasteiger partial charge on any atom is 0.409 e. The van der Waals surface area contributed by atoms with Crippen LogP contribution in [0.2, 0.25) is 5.02 Å². The number of piperazine rings is 1. The van der Waals surface area contributed by atoms with E-state index < -0.39 is 0 Å². The average Bonchev–Trinajstić information content (AvgIpc) is 2.70. The molecule has 0 aliphatic carbocycles. The zero-order chi connectivity index (χ0) is 19.1. The Balaban J connectivity index is 1.77. The lowest BCUT2D eigenvalue weighted by Crippen LogP contribution is -2.49. The number of benzene rings is 1. The molecule has 0 saturated carbocycles. The van der Waals surface area contributed by atoms with Crippen molar-refractivity contribution in [2.24, 2.45) is 0 Å². The second kappa shape index (κ2) is 9.40. The van der Waals surface area contributed by atoms with Gasteiger partial charge in [0.15, 0.2) is 0 Å². The molecule has 2 heterocycles. The van der Waals surface area contributed by atoms with Gasteiger partial charge in [0.25, 0.3) is 0 Å². The van der Waals surface area contributed by atoms with Gasteiger partial charge in [-0.2, -0.15) is 0 Å². The first-order valence-electron chi connectivity index (χ1n) is 9.00.